The highest BCUT2D eigenvalue weighted by molar-refractivity contribution is 7.98. The maximum atomic E-state index is 5.63. The fourth-order valence-corrected chi connectivity index (χ4v) is 3.27. The van der Waals surface area contributed by atoms with Gasteiger partial charge in [0.25, 0.3) is 11.1 Å². The average molecular weight is 341 g/mol. The van der Waals surface area contributed by atoms with E-state index >= 15 is 0 Å². The van der Waals surface area contributed by atoms with Crippen molar-refractivity contribution in [1.29, 1.82) is 0 Å². The summed E-state index contributed by atoms with van der Waals surface area (Å²) in [6.07, 6.45) is 1.66. The largest absolute Gasteiger partial charge is 0.444 e. The van der Waals surface area contributed by atoms with Gasteiger partial charge in [-0.25, -0.2) is 4.98 Å². The van der Waals surface area contributed by atoms with Gasteiger partial charge in [-0.2, -0.15) is 0 Å². The highest BCUT2D eigenvalue weighted by Crippen LogP contribution is 2.28. The molecule has 0 aliphatic heterocycles. The fourth-order valence-electron chi connectivity index (χ4n) is 1.99. The molecule has 4 rings (SSSR count). The van der Waals surface area contributed by atoms with Gasteiger partial charge in [-0.15, -0.1) is 21.5 Å². The van der Waals surface area contributed by atoms with Crippen LogP contribution in [0, 0.1) is 0 Å². The number of thioether (sulfide) groups is 1. The van der Waals surface area contributed by atoms with Crippen molar-refractivity contribution >= 4 is 23.1 Å². The molecule has 3 aromatic heterocycles. The van der Waals surface area contributed by atoms with Crippen LogP contribution in [0.15, 0.2) is 68.2 Å². The lowest BCUT2D eigenvalue weighted by atomic mass is 10.2. The van der Waals surface area contributed by atoms with E-state index in [0.29, 0.717) is 22.8 Å². The summed E-state index contributed by atoms with van der Waals surface area (Å²) in [7, 11) is 0. The van der Waals surface area contributed by atoms with E-state index in [-0.39, 0.29) is 0 Å². The Kier molecular flexibility index (Phi) is 3.95. The minimum Gasteiger partial charge on any atom is -0.444 e. The minimum atomic E-state index is 0.526. The summed E-state index contributed by atoms with van der Waals surface area (Å²) in [6.45, 7) is 0. The SMILES string of the molecule is c1ccc(-c2nc(CSc3nnc(-c4cccs4)o3)co2)cc1. The van der Waals surface area contributed by atoms with Gasteiger partial charge in [-0.3, -0.25) is 0 Å². The van der Waals surface area contributed by atoms with E-state index in [4.69, 9.17) is 8.83 Å². The number of oxazole rings is 1. The highest BCUT2D eigenvalue weighted by Gasteiger charge is 2.12. The smallest absolute Gasteiger partial charge is 0.277 e. The molecule has 4 aromatic rings. The standard InChI is InChI=1S/C16H11N3O2S2/c1-2-5-11(6-3-1)14-17-12(9-20-14)10-23-16-19-18-15(21-16)13-7-4-8-22-13/h1-9H,10H2. The van der Waals surface area contributed by atoms with Gasteiger partial charge >= 0.3 is 0 Å². The summed E-state index contributed by atoms with van der Waals surface area (Å²) in [4.78, 5) is 5.45. The normalized spacial score (nSPS) is 11.0. The first-order chi connectivity index (χ1) is 11.4. The first kappa shape index (κ1) is 14.2. The van der Waals surface area contributed by atoms with E-state index in [2.05, 4.69) is 15.2 Å². The summed E-state index contributed by atoms with van der Waals surface area (Å²) in [5, 5.41) is 10.6. The number of rotatable bonds is 5. The maximum Gasteiger partial charge on any atom is 0.277 e. The van der Waals surface area contributed by atoms with Crippen molar-refractivity contribution in [2.45, 2.75) is 11.0 Å². The van der Waals surface area contributed by atoms with Crippen molar-refractivity contribution < 1.29 is 8.83 Å². The van der Waals surface area contributed by atoms with Crippen LogP contribution in [0.1, 0.15) is 5.69 Å². The number of nitrogens with zero attached hydrogens (tertiary/aromatic N) is 3. The predicted molar refractivity (Wildman–Crippen MR) is 89.1 cm³/mol. The second-order valence-electron chi connectivity index (χ2n) is 4.65. The number of benzene rings is 1. The van der Waals surface area contributed by atoms with Gasteiger partial charge in [0, 0.05) is 11.3 Å². The van der Waals surface area contributed by atoms with Gasteiger partial charge in [0.05, 0.1) is 10.6 Å². The molecule has 7 heteroatoms. The van der Waals surface area contributed by atoms with Crippen LogP contribution in [0.3, 0.4) is 0 Å². The van der Waals surface area contributed by atoms with Crippen molar-refractivity contribution in [1.82, 2.24) is 15.2 Å². The van der Waals surface area contributed by atoms with Gasteiger partial charge in [0.15, 0.2) is 0 Å². The fraction of sp³-hybridized carbons (Fsp3) is 0.0625. The molecule has 0 fully saturated rings. The van der Waals surface area contributed by atoms with E-state index in [1.807, 2.05) is 47.8 Å². The Morgan fingerprint density at radius 2 is 1.91 bits per heavy atom. The van der Waals surface area contributed by atoms with Gasteiger partial charge in [0.2, 0.25) is 5.89 Å². The lowest BCUT2D eigenvalue weighted by molar-refractivity contribution is 0.466. The van der Waals surface area contributed by atoms with Crippen molar-refractivity contribution in [2.24, 2.45) is 0 Å². The van der Waals surface area contributed by atoms with Crippen LogP contribution in [0.25, 0.3) is 22.2 Å². The molecule has 0 saturated heterocycles. The summed E-state index contributed by atoms with van der Waals surface area (Å²) in [5.74, 6) is 1.78. The van der Waals surface area contributed by atoms with Crippen LogP contribution >= 0.6 is 23.1 Å². The molecule has 0 radical (unpaired) electrons. The molecule has 0 amide bonds. The van der Waals surface area contributed by atoms with E-state index in [9.17, 15) is 0 Å². The third-order valence-corrected chi connectivity index (χ3v) is 4.76. The molecule has 0 atom stereocenters. The monoisotopic (exact) mass is 341 g/mol. The number of hydrogen-bond donors (Lipinski definition) is 0. The van der Waals surface area contributed by atoms with Gasteiger partial charge in [-0.05, 0) is 23.6 Å². The third-order valence-electron chi connectivity index (χ3n) is 3.05. The number of aromatic nitrogens is 3. The zero-order valence-corrected chi connectivity index (χ0v) is 13.5. The van der Waals surface area contributed by atoms with E-state index < -0.39 is 0 Å². The van der Waals surface area contributed by atoms with Crippen LogP contribution in [0.5, 0.6) is 0 Å². The van der Waals surface area contributed by atoms with Crippen molar-refractivity contribution in [3.8, 4) is 22.2 Å². The molecule has 1 aromatic carbocycles. The lowest BCUT2D eigenvalue weighted by Gasteiger charge is -1.93. The molecule has 0 N–H and O–H groups in total. The molecule has 0 saturated carbocycles. The van der Waals surface area contributed by atoms with E-state index in [1.165, 1.54) is 11.8 Å². The molecule has 5 nitrogen and oxygen atoms in total. The molecule has 0 spiro atoms. The average Bonchev–Trinajstić information content (AvgIpc) is 3.33. The maximum absolute atomic E-state index is 5.63. The zero-order chi connectivity index (χ0) is 15.5. The molecule has 114 valence electrons. The molecular formula is C16H11N3O2S2. The first-order valence-electron chi connectivity index (χ1n) is 6.88. The molecule has 0 aliphatic rings. The topological polar surface area (TPSA) is 65.0 Å². The Balaban J connectivity index is 1.43. The Morgan fingerprint density at radius 1 is 1.00 bits per heavy atom. The van der Waals surface area contributed by atoms with Gasteiger partial charge < -0.3 is 8.83 Å². The number of hydrogen-bond acceptors (Lipinski definition) is 7. The molecule has 0 unspecified atom stereocenters. The zero-order valence-electron chi connectivity index (χ0n) is 11.9. The van der Waals surface area contributed by atoms with Crippen LogP contribution in [-0.4, -0.2) is 15.2 Å². The lowest BCUT2D eigenvalue weighted by Crippen LogP contribution is -1.82. The summed E-state index contributed by atoms with van der Waals surface area (Å²) < 4.78 is 11.1. The van der Waals surface area contributed by atoms with Crippen molar-refractivity contribution in [2.75, 3.05) is 0 Å². The first-order valence-corrected chi connectivity index (χ1v) is 8.75. The Labute approximate surface area is 140 Å². The summed E-state index contributed by atoms with van der Waals surface area (Å²) >= 11 is 3.01. The molecular weight excluding hydrogens is 330 g/mol. The summed E-state index contributed by atoms with van der Waals surface area (Å²) in [5.41, 5.74) is 1.80. The highest BCUT2D eigenvalue weighted by atomic mass is 32.2. The van der Waals surface area contributed by atoms with Gasteiger partial charge in [0.1, 0.15) is 6.26 Å². The number of thiophene rings is 1. The van der Waals surface area contributed by atoms with Crippen molar-refractivity contribution in [3.63, 3.8) is 0 Å². The minimum absolute atomic E-state index is 0.526. The van der Waals surface area contributed by atoms with E-state index in [1.54, 1.807) is 17.6 Å². The molecule has 3 heterocycles. The van der Waals surface area contributed by atoms with Crippen LogP contribution < -0.4 is 0 Å². The molecule has 0 aliphatic carbocycles. The van der Waals surface area contributed by atoms with Crippen molar-refractivity contribution in [3.05, 3.63) is 59.8 Å². The Morgan fingerprint density at radius 3 is 2.74 bits per heavy atom. The quantitative estimate of drug-likeness (QED) is 0.488. The van der Waals surface area contributed by atoms with Crippen LogP contribution in [0.2, 0.25) is 0 Å². The van der Waals surface area contributed by atoms with E-state index in [0.717, 1.165) is 16.1 Å². The van der Waals surface area contributed by atoms with Gasteiger partial charge in [-0.1, -0.05) is 36.0 Å². The molecule has 0 bridgehead atoms. The summed E-state index contributed by atoms with van der Waals surface area (Å²) in [6, 6.07) is 13.7. The van der Waals surface area contributed by atoms with Crippen LogP contribution in [0.4, 0.5) is 0 Å². The predicted octanol–water partition coefficient (Wildman–Crippen LogP) is 4.75. The second-order valence-corrected chi connectivity index (χ2v) is 6.52. The van der Waals surface area contributed by atoms with Crippen LogP contribution in [-0.2, 0) is 5.75 Å². The second kappa shape index (κ2) is 6.39. The Bertz CT molecular complexity index is 885. The third kappa shape index (κ3) is 3.20. The Hall–Kier alpha value is -2.38. The molecule has 23 heavy (non-hydrogen) atoms.